The fraction of sp³-hybridized carbons (Fsp3) is 1.00. The van der Waals surface area contributed by atoms with Gasteiger partial charge in [-0.25, -0.2) is 0 Å². The monoisotopic (exact) mass is 222 g/mol. The first-order valence-electron chi connectivity index (χ1n) is 5.32. The van der Waals surface area contributed by atoms with Crippen molar-refractivity contribution in [2.45, 2.75) is 19.3 Å². The normalized spacial score (nSPS) is 13.4. The van der Waals surface area contributed by atoms with E-state index in [4.69, 9.17) is 0 Å². The maximum Gasteiger partial charge on any atom is 0.0586 e. The first-order chi connectivity index (χ1) is 5.71. The zero-order valence-corrected chi connectivity index (χ0v) is 12.2. The van der Waals surface area contributed by atoms with Gasteiger partial charge in [0, 0.05) is 54.5 Å². The van der Waals surface area contributed by atoms with Gasteiger partial charge >= 0.3 is 0 Å². The van der Waals surface area contributed by atoms with E-state index in [2.05, 4.69) is 40.0 Å². The van der Waals surface area contributed by atoms with E-state index in [0.717, 1.165) is 0 Å². The summed E-state index contributed by atoms with van der Waals surface area (Å²) in [4.78, 5) is 0. The molecule has 80 valence electrons. The van der Waals surface area contributed by atoms with Crippen LogP contribution in [0.1, 0.15) is 19.3 Å². The van der Waals surface area contributed by atoms with Crippen LogP contribution in [0, 0.1) is 0 Å². The number of hydrogen-bond donors (Lipinski definition) is 0. The lowest BCUT2D eigenvalue weighted by Gasteiger charge is -2.13. The SMILES string of the molecule is C[P+](C)(C)CCCCC[P+](C)(C)C. The van der Waals surface area contributed by atoms with Gasteiger partial charge in [-0.05, 0) is 19.3 Å². The molecule has 0 aromatic rings. The third-order valence-electron chi connectivity index (χ3n) is 2.16. The minimum atomic E-state index is -0.488. The summed E-state index contributed by atoms with van der Waals surface area (Å²) in [6.45, 7) is 14.7. The van der Waals surface area contributed by atoms with Gasteiger partial charge in [0.15, 0.2) is 0 Å². The van der Waals surface area contributed by atoms with Crippen LogP contribution in [0.3, 0.4) is 0 Å². The van der Waals surface area contributed by atoms with Crippen molar-refractivity contribution in [2.75, 3.05) is 52.3 Å². The molecule has 0 saturated heterocycles. The summed E-state index contributed by atoms with van der Waals surface area (Å²) in [6, 6.07) is 0. The Morgan fingerprint density at radius 2 is 0.846 bits per heavy atom. The second kappa shape index (κ2) is 5.67. The van der Waals surface area contributed by atoms with Crippen LogP contribution in [0.25, 0.3) is 0 Å². The molecule has 0 atom stereocenters. The van der Waals surface area contributed by atoms with Gasteiger partial charge in [-0.1, -0.05) is 0 Å². The average molecular weight is 222 g/mol. The minimum Gasteiger partial charge on any atom is -0.0464 e. The Morgan fingerprint density at radius 3 is 1.08 bits per heavy atom. The fourth-order valence-electron chi connectivity index (χ4n) is 1.35. The van der Waals surface area contributed by atoms with Gasteiger partial charge in [0.25, 0.3) is 0 Å². The lowest BCUT2D eigenvalue weighted by molar-refractivity contribution is 0.777. The summed E-state index contributed by atoms with van der Waals surface area (Å²) < 4.78 is 0. The van der Waals surface area contributed by atoms with Crippen molar-refractivity contribution < 1.29 is 0 Å². The molecule has 0 heterocycles. The molecule has 0 bridgehead atoms. The molecule has 0 N–H and O–H groups in total. The van der Waals surface area contributed by atoms with Gasteiger partial charge in [0.05, 0.1) is 12.3 Å². The molecule has 0 rings (SSSR count). The minimum absolute atomic E-state index is 0.488. The maximum atomic E-state index is 2.45. The molecule has 0 aromatic carbocycles. The number of unbranched alkanes of at least 4 members (excludes halogenated alkanes) is 2. The van der Waals surface area contributed by atoms with Crippen LogP contribution in [0.2, 0.25) is 0 Å². The van der Waals surface area contributed by atoms with Crippen molar-refractivity contribution >= 4 is 14.5 Å². The molecule has 13 heavy (non-hydrogen) atoms. The zero-order valence-electron chi connectivity index (χ0n) is 10.4. The van der Waals surface area contributed by atoms with E-state index < -0.39 is 14.5 Å². The predicted octanol–water partition coefficient (Wildman–Crippen LogP) is 3.97. The van der Waals surface area contributed by atoms with Crippen LogP contribution in [0.15, 0.2) is 0 Å². The highest BCUT2D eigenvalue weighted by Crippen LogP contribution is 2.49. The summed E-state index contributed by atoms with van der Waals surface area (Å²) >= 11 is 0. The molecule has 0 aliphatic rings. The molecule has 2 heteroatoms. The summed E-state index contributed by atoms with van der Waals surface area (Å²) in [5.41, 5.74) is 0. The molecule has 0 spiro atoms. The van der Waals surface area contributed by atoms with Gasteiger partial charge < -0.3 is 0 Å². The standard InChI is InChI=1S/C11H28P2/c1-12(2,3)10-8-7-9-11-13(4,5)6/h7-11H2,1-6H3/q+2. The lowest BCUT2D eigenvalue weighted by atomic mass is 10.3. The van der Waals surface area contributed by atoms with E-state index in [1.54, 1.807) is 0 Å². The summed E-state index contributed by atoms with van der Waals surface area (Å²) in [7, 11) is -0.975. The van der Waals surface area contributed by atoms with Crippen molar-refractivity contribution in [2.24, 2.45) is 0 Å². The highest BCUT2D eigenvalue weighted by Gasteiger charge is 2.18. The largest absolute Gasteiger partial charge is 0.0586 e. The van der Waals surface area contributed by atoms with Crippen molar-refractivity contribution in [3.8, 4) is 0 Å². The fourth-order valence-corrected chi connectivity index (χ4v) is 3.69. The van der Waals surface area contributed by atoms with Gasteiger partial charge in [0.2, 0.25) is 0 Å². The molecule has 0 saturated carbocycles. The molecular formula is C11H28P2+2. The first-order valence-corrected chi connectivity index (χ1v) is 11.9. The highest BCUT2D eigenvalue weighted by atomic mass is 31.2. The second-order valence-corrected chi connectivity index (χ2v) is 16.1. The van der Waals surface area contributed by atoms with Crippen LogP contribution in [-0.4, -0.2) is 52.3 Å². The quantitative estimate of drug-likeness (QED) is 0.471. The van der Waals surface area contributed by atoms with Crippen molar-refractivity contribution in [3.63, 3.8) is 0 Å². The smallest absolute Gasteiger partial charge is 0.0464 e. The molecule has 0 aliphatic carbocycles. The third-order valence-corrected chi connectivity index (χ3v) is 5.47. The average Bonchev–Trinajstić information content (AvgIpc) is 1.81. The van der Waals surface area contributed by atoms with Crippen LogP contribution in [0.4, 0.5) is 0 Å². The number of rotatable bonds is 6. The van der Waals surface area contributed by atoms with Crippen LogP contribution >= 0.6 is 14.5 Å². The van der Waals surface area contributed by atoms with Gasteiger partial charge in [-0.15, -0.1) is 0 Å². The molecule has 0 unspecified atom stereocenters. The van der Waals surface area contributed by atoms with E-state index in [1.165, 1.54) is 31.6 Å². The van der Waals surface area contributed by atoms with Gasteiger partial charge in [-0.3, -0.25) is 0 Å². The van der Waals surface area contributed by atoms with Crippen LogP contribution < -0.4 is 0 Å². The first kappa shape index (κ1) is 13.9. The molecule has 0 aromatic heterocycles. The molecule has 0 fully saturated rings. The molecule has 0 aliphatic heterocycles. The summed E-state index contributed by atoms with van der Waals surface area (Å²) in [5, 5.41) is 0. The zero-order chi connectivity index (χ0) is 10.5. The second-order valence-electron chi connectivity index (χ2n) is 6.09. The van der Waals surface area contributed by atoms with E-state index in [9.17, 15) is 0 Å². The Labute approximate surface area is 86.6 Å². The van der Waals surface area contributed by atoms with Crippen LogP contribution in [0.5, 0.6) is 0 Å². The summed E-state index contributed by atoms with van der Waals surface area (Å²) in [6.07, 6.45) is 7.40. The third kappa shape index (κ3) is 12.9. The maximum absolute atomic E-state index is 2.45. The van der Waals surface area contributed by atoms with E-state index in [-0.39, 0.29) is 0 Å². The predicted molar refractivity (Wildman–Crippen MR) is 73.0 cm³/mol. The highest BCUT2D eigenvalue weighted by molar-refractivity contribution is 7.74. The Bertz CT molecular complexity index is 112. The van der Waals surface area contributed by atoms with Gasteiger partial charge in [-0.2, -0.15) is 0 Å². The van der Waals surface area contributed by atoms with E-state index in [0.29, 0.717) is 0 Å². The Balaban J connectivity index is 3.28. The van der Waals surface area contributed by atoms with Gasteiger partial charge in [0.1, 0.15) is 0 Å². The Morgan fingerprint density at radius 1 is 0.538 bits per heavy atom. The Hall–Kier alpha value is 0.860. The topological polar surface area (TPSA) is 0 Å². The molecular weight excluding hydrogens is 194 g/mol. The van der Waals surface area contributed by atoms with Crippen molar-refractivity contribution in [3.05, 3.63) is 0 Å². The van der Waals surface area contributed by atoms with E-state index in [1.807, 2.05) is 0 Å². The Kier molecular flexibility index (Phi) is 6.05. The molecule has 0 amide bonds. The number of hydrogen-bond acceptors (Lipinski definition) is 0. The summed E-state index contributed by atoms with van der Waals surface area (Å²) in [5.74, 6) is 0. The van der Waals surface area contributed by atoms with Crippen LogP contribution in [-0.2, 0) is 0 Å². The van der Waals surface area contributed by atoms with Crippen molar-refractivity contribution in [1.82, 2.24) is 0 Å². The molecule has 0 nitrogen and oxygen atoms in total. The molecule has 0 radical (unpaired) electrons. The lowest BCUT2D eigenvalue weighted by Crippen LogP contribution is -1.96. The van der Waals surface area contributed by atoms with E-state index >= 15 is 0 Å². The van der Waals surface area contributed by atoms with Crippen molar-refractivity contribution in [1.29, 1.82) is 0 Å².